The van der Waals surface area contributed by atoms with E-state index in [4.69, 9.17) is 0 Å². The molecule has 0 aliphatic heterocycles. The summed E-state index contributed by atoms with van der Waals surface area (Å²) in [6.45, 7) is 5.93. The monoisotopic (exact) mass is 307 g/mol. The van der Waals surface area contributed by atoms with E-state index in [0.717, 1.165) is 19.4 Å². The van der Waals surface area contributed by atoms with Crippen molar-refractivity contribution in [1.82, 2.24) is 4.90 Å². The number of hydrogen-bond donors (Lipinski definition) is 0. The molecule has 2 aromatic carbocycles. The highest BCUT2D eigenvalue weighted by Gasteiger charge is 2.30. The molecular formula is C22H29N. The minimum atomic E-state index is 0.290. The normalized spacial score (nSPS) is 15.2. The summed E-state index contributed by atoms with van der Waals surface area (Å²) in [5.74, 6) is 0.514. The molecule has 1 heteroatoms. The number of nitrogens with zero attached hydrogens (tertiary/aromatic N) is 1. The predicted molar refractivity (Wildman–Crippen MR) is 99.1 cm³/mol. The fraction of sp³-hybridized carbons (Fsp3) is 0.455. The predicted octanol–water partition coefficient (Wildman–Crippen LogP) is 4.90. The van der Waals surface area contributed by atoms with E-state index in [-0.39, 0.29) is 0 Å². The van der Waals surface area contributed by atoms with Gasteiger partial charge in [0.2, 0.25) is 0 Å². The Labute approximate surface area is 141 Å². The summed E-state index contributed by atoms with van der Waals surface area (Å²) in [7, 11) is 4.35. The largest absolute Gasteiger partial charge is 0.309 e. The van der Waals surface area contributed by atoms with Gasteiger partial charge in [-0.2, -0.15) is 0 Å². The Morgan fingerprint density at radius 2 is 1.35 bits per heavy atom. The third kappa shape index (κ3) is 3.67. The summed E-state index contributed by atoms with van der Waals surface area (Å²) >= 11 is 0. The highest BCUT2D eigenvalue weighted by atomic mass is 15.1. The SMILES string of the molecule is CN(C)CC(C)(C)CC1c2ccccc2CCc2ccccc21. The Balaban J connectivity index is 2.03. The van der Waals surface area contributed by atoms with Crippen molar-refractivity contribution in [2.75, 3.05) is 20.6 Å². The van der Waals surface area contributed by atoms with Gasteiger partial charge >= 0.3 is 0 Å². The van der Waals surface area contributed by atoms with Crippen LogP contribution in [0.15, 0.2) is 48.5 Å². The van der Waals surface area contributed by atoms with E-state index in [0.29, 0.717) is 11.3 Å². The summed E-state index contributed by atoms with van der Waals surface area (Å²) in [5.41, 5.74) is 6.45. The Kier molecular flexibility index (Phi) is 4.59. The van der Waals surface area contributed by atoms with Crippen LogP contribution in [0.1, 0.15) is 48.4 Å². The average Bonchev–Trinajstić information content (AvgIpc) is 2.64. The van der Waals surface area contributed by atoms with Crippen molar-refractivity contribution in [2.24, 2.45) is 5.41 Å². The Morgan fingerprint density at radius 1 is 0.870 bits per heavy atom. The highest BCUT2D eigenvalue weighted by molar-refractivity contribution is 5.45. The van der Waals surface area contributed by atoms with Crippen molar-refractivity contribution < 1.29 is 0 Å². The van der Waals surface area contributed by atoms with Gasteiger partial charge < -0.3 is 4.90 Å². The van der Waals surface area contributed by atoms with Gasteiger partial charge in [0, 0.05) is 12.5 Å². The van der Waals surface area contributed by atoms with Crippen molar-refractivity contribution in [3.05, 3.63) is 70.8 Å². The average molecular weight is 307 g/mol. The summed E-state index contributed by atoms with van der Waals surface area (Å²) in [5, 5.41) is 0. The van der Waals surface area contributed by atoms with Crippen molar-refractivity contribution in [1.29, 1.82) is 0 Å². The molecule has 0 saturated carbocycles. The quantitative estimate of drug-likeness (QED) is 0.777. The molecule has 1 aliphatic rings. The molecule has 0 heterocycles. The smallest absolute Gasteiger partial charge is 0.0100 e. The standard InChI is InChI=1S/C22H29N/c1-22(2,16-23(3)4)15-21-19-11-7-5-9-17(19)13-14-18-10-6-8-12-20(18)21/h5-12,21H,13-16H2,1-4H3. The summed E-state index contributed by atoms with van der Waals surface area (Å²) in [6.07, 6.45) is 3.52. The van der Waals surface area contributed by atoms with Crippen LogP contribution in [0.5, 0.6) is 0 Å². The van der Waals surface area contributed by atoms with E-state index < -0.39 is 0 Å². The van der Waals surface area contributed by atoms with Gasteiger partial charge in [0.25, 0.3) is 0 Å². The van der Waals surface area contributed by atoms with Crippen LogP contribution in [-0.4, -0.2) is 25.5 Å². The van der Waals surface area contributed by atoms with Crippen LogP contribution in [0.3, 0.4) is 0 Å². The molecule has 0 bridgehead atoms. The van der Waals surface area contributed by atoms with Crippen LogP contribution < -0.4 is 0 Å². The third-order valence-electron chi connectivity index (χ3n) is 5.03. The summed E-state index contributed by atoms with van der Waals surface area (Å²) < 4.78 is 0. The van der Waals surface area contributed by atoms with Crippen LogP contribution in [0, 0.1) is 5.41 Å². The first kappa shape index (κ1) is 16.3. The molecule has 1 aliphatic carbocycles. The molecule has 23 heavy (non-hydrogen) atoms. The van der Waals surface area contributed by atoms with Gasteiger partial charge in [-0.15, -0.1) is 0 Å². The maximum Gasteiger partial charge on any atom is 0.0100 e. The second-order valence-electron chi connectivity index (χ2n) is 8.06. The van der Waals surface area contributed by atoms with Crippen molar-refractivity contribution in [2.45, 2.75) is 39.0 Å². The van der Waals surface area contributed by atoms with Gasteiger partial charge in [0.1, 0.15) is 0 Å². The van der Waals surface area contributed by atoms with Crippen LogP contribution in [0.4, 0.5) is 0 Å². The molecule has 1 nitrogen and oxygen atoms in total. The second-order valence-corrected chi connectivity index (χ2v) is 8.06. The minimum Gasteiger partial charge on any atom is -0.309 e. The first-order chi connectivity index (χ1) is 11.0. The molecule has 0 atom stereocenters. The number of aryl methyl sites for hydroxylation is 2. The molecule has 0 spiro atoms. The zero-order chi connectivity index (χ0) is 16.4. The molecule has 0 fully saturated rings. The zero-order valence-corrected chi connectivity index (χ0v) is 15.0. The Bertz CT molecular complexity index is 622. The van der Waals surface area contributed by atoms with Gasteiger partial charge in [-0.25, -0.2) is 0 Å². The first-order valence-electron chi connectivity index (χ1n) is 8.77. The van der Waals surface area contributed by atoms with E-state index in [1.165, 1.54) is 17.5 Å². The molecule has 0 N–H and O–H groups in total. The zero-order valence-electron chi connectivity index (χ0n) is 15.0. The molecule has 0 aromatic heterocycles. The van der Waals surface area contributed by atoms with Crippen LogP contribution in [0.2, 0.25) is 0 Å². The molecule has 2 aromatic rings. The molecule has 0 saturated heterocycles. The number of fused-ring (bicyclic) bond motifs is 2. The second kappa shape index (κ2) is 6.49. The van der Waals surface area contributed by atoms with Crippen LogP contribution in [0.25, 0.3) is 0 Å². The van der Waals surface area contributed by atoms with Crippen molar-refractivity contribution >= 4 is 0 Å². The van der Waals surface area contributed by atoms with Gasteiger partial charge in [-0.1, -0.05) is 62.4 Å². The first-order valence-corrected chi connectivity index (χ1v) is 8.77. The lowest BCUT2D eigenvalue weighted by Gasteiger charge is -2.33. The van der Waals surface area contributed by atoms with Gasteiger partial charge in [0.05, 0.1) is 0 Å². The van der Waals surface area contributed by atoms with E-state index in [1.807, 2.05) is 0 Å². The third-order valence-corrected chi connectivity index (χ3v) is 5.03. The Hall–Kier alpha value is -1.60. The fourth-order valence-electron chi connectivity index (χ4n) is 4.33. The molecule has 0 amide bonds. The lowest BCUT2D eigenvalue weighted by atomic mass is 9.75. The maximum atomic E-state index is 2.41. The summed E-state index contributed by atoms with van der Waals surface area (Å²) in [4.78, 5) is 2.31. The highest BCUT2D eigenvalue weighted by Crippen LogP contribution is 2.41. The van der Waals surface area contributed by atoms with Gasteiger partial charge in [-0.3, -0.25) is 0 Å². The van der Waals surface area contributed by atoms with Crippen LogP contribution in [-0.2, 0) is 12.8 Å². The molecule has 0 unspecified atom stereocenters. The number of hydrogen-bond acceptors (Lipinski definition) is 1. The number of rotatable bonds is 4. The summed E-state index contributed by atoms with van der Waals surface area (Å²) in [6, 6.07) is 18.2. The lowest BCUT2D eigenvalue weighted by molar-refractivity contribution is 0.218. The van der Waals surface area contributed by atoms with Crippen LogP contribution >= 0.6 is 0 Å². The Morgan fingerprint density at radius 3 is 1.83 bits per heavy atom. The lowest BCUT2D eigenvalue weighted by Crippen LogP contribution is -2.30. The molecule has 122 valence electrons. The van der Waals surface area contributed by atoms with E-state index in [1.54, 1.807) is 11.1 Å². The molecule has 0 radical (unpaired) electrons. The van der Waals surface area contributed by atoms with E-state index in [9.17, 15) is 0 Å². The number of benzene rings is 2. The minimum absolute atomic E-state index is 0.290. The molecule has 3 rings (SSSR count). The van der Waals surface area contributed by atoms with Crippen molar-refractivity contribution in [3.63, 3.8) is 0 Å². The fourth-order valence-corrected chi connectivity index (χ4v) is 4.33. The van der Waals surface area contributed by atoms with Gasteiger partial charge in [-0.05, 0) is 61.0 Å². The van der Waals surface area contributed by atoms with Crippen molar-refractivity contribution in [3.8, 4) is 0 Å². The van der Waals surface area contributed by atoms with Gasteiger partial charge in [0.15, 0.2) is 0 Å². The maximum absolute atomic E-state index is 2.41. The van der Waals surface area contributed by atoms with E-state index >= 15 is 0 Å². The van der Waals surface area contributed by atoms with E-state index in [2.05, 4.69) is 81.4 Å². The topological polar surface area (TPSA) is 3.24 Å². The molecular weight excluding hydrogens is 278 g/mol.